The molecule has 0 spiro atoms. The molecule has 1 atom stereocenters. The van der Waals surface area contributed by atoms with Crippen molar-refractivity contribution in [1.82, 2.24) is 9.55 Å². The van der Waals surface area contributed by atoms with Crippen LogP contribution in [0.4, 0.5) is 4.39 Å². The van der Waals surface area contributed by atoms with E-state index in [2.05, 4.69) is 11.9 Å². The maximum atomic E-state index is 13.6. The van der Waals surface area contributed by atoms with E-state index in [0.717, 1.165) is 24.3 Å². The predicted molar refractivity (Wildman–Crippen MR) is 70.8 cm³/mol. The highest BCUT2D eigenvalue weighted by atomic mass is 35.5. The number of methoxy groups -OCH3 is 1. The molecule has 1 aromatic carbocycles. The van der Waals surface area contributed by atoms with Crippen LogP contribution in [0.2, 0.25) is 0 Å². The minimum Gasteiger partial charge on any atom is -0.494 e. The van der Waals surface area contributed by atoms with E-state index in [1.54, 1.807) is 6.07 Å². The molecule has 0 N–H and O–H groups in total. The van der Waals surface area contributed by atoms with Crippen LogP contribution in [0.5, 0.6) is 5.75 Å². The van der Waals surface area contributed by atoms with Crippen molar-refractivity contribution in [1.29, 1.82) is 0 Å². The zero-order chi connectivity index (χ0) is 13.3. The lowest BCUT2D eigenvalue weighted by Gasteiger charge is -2.09. The Kier molecular flexibility index (Phi) is 3.76. The van der Waals surface area contributed by atoms with Crippen molar-refractivity contribution in [3.63, 3.8) is 0 Å². The zero-order valence-corrected chi connectivity index (χ0v) is 11.5. The molecule has 0 saturated heterocycles. The fourth-order valence-electron chi connectivity index (χ4n) is 2.06. The summed E-state index contributed by atoms with van der Waals surface area (Å²) in [5, 5.41) is -0.210. The van der Waals surface area contributed by atoms with Crippen molar-refractivity contribution < 1.29 is 9.13 Å². The molecule has 3 nitrogen and oxygen atoms in total. The molecular formula is C13H16ClFN2O. The molecule has 0 aliphatic rings. The molecule has 0 radical (unpaired) electrons. The summed E-state index contributed by atoms with van der Waals surface area (Å²) >= 11 is 6.12. The molecule has 0 aliphatic carbocycles. The molecule has 18 heavy (non-hydrogen) atoms. The highest BCUT2D eigenvalue weighted by molar-refractivity contribution is 6.20. The van der Waals surface area contributed by atoms with Crippen molar-refractivity contribution in [2.45, 2.75) is 32.2 Å². The lowest BCUT2D eigenvalue weighted by molar-refractivity contribution is 0.387. The Morgan fingerprint density at radius 2 is 2.22 bits per heavy atom. The highest BCUT2D eigenvalue weighted by Crippen LogP contribution is 2.29. The second-order valence-electron chi connectivity index (χ2n) is 4.21. The second kappa shape index (κ2) is 5.14. The number of imidazole rings is 1. The lowest BCUT2D eigenvalue weighted by Crippen LogP contribution is -2.03. The number of halogens is 2. The largest absolute Gasteiger partial charge is 0.494 e. The van der Waals surface area contributed by atoms with Crippen LogP contribution >= 0.6 is 11.6 Å². The molecular weight excluding hydrogens is 255 g/mol. The van der Waals surface area contributed by atoms with Gasteiger partial charge in [0.15, 0.2) is 11.6 Å². The van der Waals surface area contributed by atoms with Crippen LogP contribution in [0.3, 0.4) is 0 Å². The van der Waals surface area contributed by atoms with Crippen LogP contribution in [-0.4, -0.2) is 16.7 Å². The van der Waals surface area contributed by atoms with Crippen LogP contribution in [-0.2, 0) is 6.54 Å². The third-order valence-electron chi connectivity index (χ3n) is 2.85. The molecule has 0 bridgehead atoms. The van der Waals surface area contributed by atoms with Crippen LogP contribution in [0.25, 0.3) is 11.0 Å². The summed E-state index contributed by atoms with van der Waals surface area (Å²) in [5.41, 5.74) is 1.47. The molecule has 98 valence electrons. The molecule has 0 amide bonds. The molecule has 1 unspecified atom stereocenters. The summed E-state index contributed by atoms with van der Waals surface area (Å²) in [4.78, 5) is 4.40. The maximum absolute atomic E-state index is 13.6. The number of benzene rings is 1. The van der Waals surface area contributed by atoms with Crippen LogP contribution < -0.4 is 4.74 Å². The smallest absolute Gasteiger partial charge is 0.167 e. The van der Waals surface area contributed by atoms with Gasteiger partial charge in [-0.3, -0.25) is 0 Å². The number of alkyl halides is 1. The van der Waals surface area contributed by atoms with Crippen LogP contribution in [0, 0.1) is 5.82 Å². The highest BCUT2D eigenvalue weighted by Gasteiger charge is 2.16. The van der Waals surface area contributed by atoms with Gasteiger partial charge in [0.05, 0.1) is 23.5 Å². The van der Waals surface area contributed by atoms with Gasteiger partial charge in [-0.15, -0.1) is 11.6 Å². The van der Waals surface area contributed by atoms with Gasteiger partial charge in [0.2, 0.25) is 0 Å². The van der Waals surface area contributed by atoms with Gasteiger partial charge in [-0.05, 0) is 13.3 Å². The van der Waals surface area contributed by atoms with E-state index in [0.29, 0.717) is 5.52 Å². The van der Waals surface area contributed by atoms with Crippen molar-refractivity contribution in [3.8, 4) is 5.75 Å². The monoisotopic (exact) mass is 270 g/mol. The zero-order valence-electron chi connectivity index (χ0n) is 10.7. The molecule has 1 aromatic heterocycles. The molecule has 1 heterocycles. The van der Waals surface area contributed by atoms with Gasteiger partial charge >= 0.3 is 0 Å². The quantitative estimate of drug-likeness (QED) is 0.788. The van der Waals surface area contributed by atoms with Gasteiger partial charge in [0.25, 0.3) is 0 Å². The van der Waals surface area contributed by atoms with Crippen LogP contribution in [0.1, 0.15) is 31.5 Å². The second-order valence-corrected chi connectivity index (χ2v) is 4.87. The number of rotatable bonds is 4. The Hall–Kier alpha value is -1.29. The molecule has 2 rings (SSSR count). The summed E-state index contributed by atoms with van der Waals surface area (Å²) in [6.07, 6.45) is 0.960. The first-order valence-electron chi connectivity index (χ1n) is 5.96. The molecule has 2 aromatic rings. The third-order valence-corrected chi connectivity index (χ3v) is 3.05. The summed E-state index contributed by atoms with van der Waals surface area (Å²) in [7, 11) is 1.45. The van der Waals surface area contributed by atoms with Gasteiger partial charge in [0.1, 0.15) is 5.82 Å². The Labute approximate surface area is 111 Å². The number of hydrogen-bond donors (Lipinski definition) is 0. The Morgan fingerprint density at radius 1 is 1.50 bits per heavy atom. The number of hydrogen-bond acceptors (Lipinski definition) is 2. The van der Waals surface area contributed by atoms with E-state index >= 15 is 0 Å². The van der Waals surface area contributed by atoms with E-state index in [1.165, 1.54) is 13.2 Å². The van der Waals surface area contributed by atoms with Gasteiger partial charge in [0, 0.05) is 18.7 Å². The summed E-state index contributed by atoms with van der Waals surface area (Å²) in [6.45, 7) is 4.75. The first-order chi connectivity index (χ1) is 8.58. The number of aromatic nitrogens is 2. The molecule has 0 fully saturated rings. The molecule has 0 aliphatic heterocycles. The average Bonchev–Trinajstić information content (AvgIpc) is 2.67. The first-order valence-corrected chi connectivity index (χ1v) is 6.39. The van der Waals surface area contributed by atoms with Crippen molar-refractivity contribution in [3.05, 3.63) is 23.8 Å². The van der Waals surface area contributed by atoms with E-state index in [-0.39, 0.29) is 11.1 Å². The normalized spacial score (nSPS) is 12.9. The number of aryl methyl sites for hydroxylation is 1. The topological polar surface area (TPSA) is 27.1 Å². The standard InChI is InChI=1S/C13H16ClFN2O/c1-4-5-17-11-7-12(18-3)9(15)6-10(11)16-13(17)8(2)14/h6-8H,4-5H2,1-3H3. The minimum atomic E-state index is -0.403. The Bertz CT molecular complexity index is 566. The lowest BCUT2D eigenvalue weighted by atomic mass is 10.2. The van der Waals surface area contributed by atoms with Crippen molar-refractivity contribution in [2.24, 2.45) is 0 Å². The first kappa shape index (κ1) is 13.1. The van der Waals surface area contributed by atoms with E-state index < -0.39 is 5.82 Å². The summed E-state index contributed by atoms with van der Waals surface area (Å²) in [6, 6.07) is 3.07. The number of fused-ring (bicyclic) bond motifs is 1. The fraction of sp³-hybridized carbons (Fsp3) is 0.462. The maximum Gasteiger partial charge on any atom is 0.167 e. The third kappa shape index (κ3) is 2.17. The Balaban J connectivity index is 2.69. The predicted octanol–water partition coefficient (Wildman–Crippen LogP) is 3.89. The van der Waals surface area contributed by atoms with Crippen molar-refractivity contribution in [2.75, 3.05) is 7.11 Å². The summed E-state index contributed by atoms with van der Waals surface area (Å²) in [5.74, 6) is 0.592. The molecule has 0 saturated carbocycles. The SMILES string of the molecule is CCCn1c(C(C)Cl)nc2cc(F)c(OC)cc21. The minimum absolute atomic E-state index is 0.210. The Morgan fingerprint density at radius 3 is 2.78 bits per heavy atom. The van der Waals surface area contributed by atoms with Gasteiger partial charge in [-0.2, -0.15) is 0 Å². The van der Waals surface area contributed by atoms with Gasteiger partial charge < -0.3 is 9.30 Å². The van der Waals surface area contributed by atoms with Gasteiger partial charge in [-0.1, -0.05) is 6.92 Å². The van der Waals surface area contributed by atoms with Crippen molar-refractivity contribution >= 4 is 22.6 Å². The van der Waals surface area contributed by atoms with E-state index in [1.807, 2.05) is 11.5 Å². The number of ether oxygens (including phenoxy) is 1. The van der Waals surface area contributed by atoms with E-state index in [9.17, 15) is 4.39 Å². The fourth-order valence-corrected chi connectivity index (χ4v) is 2.23. The molecule has 5 heteroatoms. The van der Waals surface area contributed by atoms with Crippen LogP contribution in [0.15, 0.2) is 12.1 Å². The van der Waals surface area contributed by atoms with E-state index in [4.69, 9.17) is 16.3 Å². The van der Waals surface area contributed by atoms with Gasteiger partial charge in [-0.25, -0.2) is 9.37 Å². The summed E-state index contributed by atoms with van der Waals surface area (Å²) < 4.78 is 20.7. The number of nitrogens with zero attached hydrogens (tertiary/aromatic N) is 2. The average molecular weight is 271 g/mol.